The molecule has 1 N–H and O–H groups in total. The Morgan fingerprint density at radius 1 is 1.44 bits per heavy atom. The Labute approximate surface area is 120 Å². The third-order valence-corrected chi connectivity index (χ3v) is 3.71. The van der Waals surface area contributed by atoms with Crippen molar-refractivity contribution in [1.82, 2.24) is 15.1 Å². The summed E-state index contributed by atoms with van der Waals surface area (Å²) in [6.45, 7) is 2.37. The van der Waals surface area contributed by atoms with Gasteiger partial charge in [0.1, 0.15) is 0 Å². The van der Waals surface area contributed by atoms with Crippen molar-refractivity contribution in [3.63, 3.8) is 0 Å². The van der Waals surface area contributed by atoms with Crippen LogP contribution in [0.2, 0.25) is 0 Å². The van der Waals surface area contributed by atoms with Crippen LogP contribution in [0.4, 0.5) is 0 Å². The highest BCUT2D eigenvalue weighted by Gasteiger charge is 2.12. The van der Waals surface area contributed by atoms with Crippen LogP contribution in [0.1, 0.15) is 21.6 Å². The SMILES string of the molecule is Cc1nn(C)cc1C(=O)NCc1ccccc1I. The van der Waals surface area contributed by atoms with Gasteiger partial charge in [0.15, 0.2) is 0 Å². The minimum Gasteiger partial charge on any atom is -0.348 e. The topological polar surface area (TPSA) is 46.9 Å². The lowest BCUT2D eigenvalue weighted by Gasteiger charge is -2.06. The Balaban J connectivity index is 2.05. The van der Waals surface area contributed by atoms with Crippen molar-refractivity contribution >= 4 is 28.5 Å². The summed E-state index contributed by atoms with van der Waals surface area (Å²) >= 11 is 2.26. The fourth-order valence-corrected chi connectivity index (χ4v) is 2.31. The maximum absolute atomic E-state index is 12.0. The van der Waals surface area contributed by atoms with E-state index in [1.807, 2.05) is 38.2 Å². The summed E-state index contributed by atoms with van der Waals surface area (Å²) < 4.78 is 2.80. The minimum absolute atomic E-state index is 0.0831. The molecule has 0 saturated carbocycles. The molecule has 0 saturated heterocycles. The Bertz CT molecular complexity index is 577. The highest BCUT2D eigenvalue weighted by molar-refractivity contribution is 14.1. The number of carbonyl (C=O) groups excluding carboxylic acids is 1. The standard InChI is InChI=1S/C13H14IN3O/c1-9-11(8-17(2)16-9)13(18)15-7-10-5-3-4-6-12(10)14/h3-6,8H,7H2,1-2H3,(H,15,18). The Morgan fingerprint density at radius 2 is 2.17 bits per heavy atom. The van der Waals surface area contributed by atoms with E-state index in [-0.39, 0.29) is 5.91 Å². The number of hydrogen-bond donors (Lipinski definition) is 1. The van der Waals surface area contributed by atoms with Crippen molar-refractivity contribution in [2.45, 2.75) is 13.5 Å². The van der Waals surface area contributed by atoms with Gasteiger partial charge in [-0.3, -0.25) is 9.48 Å². The van der Waals surface area contributed by atoms with Gasteiger partial charge in [-0.1, -0.05) is 18.2 Å². The highest BCUT2D eigenvalue weighted by atomic mass is 127. The van der Waals surface area contributed by atoms with Crippen LogP contribution < -0.4 is 5.32 Å². The van der Waals surface area contributed by atoms with E-state index in [9.17, 15) is 4.79 Å². The van der Waals surface area contributed by atoms with Gasteiger partial charge in [0.2, 0.25) is 0 Å². The van der Waals surface area contributed by atoms with Gasteiger partial charge in [-0.05, 0) is 41.1 Å². The zero-order valence-electron chi connectivity index (χ0n) is 10.3. The van der Waals surface area contributed by atoms with Gasteiger partial charge in [-0.15, -0.1) is 0 Å². The predicted molar refractivity (Wildman–Crippen MR) is 78.3 cm³/mol. The van der Waals surface area contributed by atoms with Crippen molar-refractivity contribution in [2.75, 3.05) is 0 Å². The zero-order chi connectivity index (χ0) is 13.1. The van der Waals surface area contributed by atoms with E-state index in [1.54, 1.807) is 10.9 Å². The Morgan fingerprint density at radius 3 is 2.78 bits per heavy atom. The summed E-state index contributed by atoms with van der Waals surface area (Å²) in [5.41, 5.74) is 2.49. The van der Waals surface area contributed by atoms with Crippen molar-refractivity contribution in [2.24, 2.45) is 7.05 Å². The molecule has 0 aliphatic carbocycles. The first-order valence-electron chi connectivity index (χ1n) is 5.60. The molecule has 0 spiro atoms. The Kier molecular flexibility index (Phi) is 4.00. The lowest BCUT2D eigenvalue weighted by molar-refractivity contribution is 0.0950. The van der Waals surface area contributed by atoms with Crippen LogP contribution in [0.25, 0.3) is 0 Å². The molecule has 5 heteroatoms. The fraction of sp³-hybridized carbons (Fsp3) is 0.231. The number of nitrogens with zero attached hydrogens (tertiary/aromatic N) is 2. The minimum atomic E-state index is -0.0831. The second-order valence-electron chi connectivity index (χ2n) is 4.08. The first-order chi connectivity index (χ1) is 8.58. The van der Waals surface area contributed by atoms with Gasteiger partial charge in [-0.25, -0.2) is 0 Å². The maximum atomic E-state index is 12.0. The van der Waals surface area contributed by atoms with Crippen molar-refractivity contribution in [3.05, 3.63) is 50.9 Å². The summed E-state index contributed by atoms with van der Waals surface area (Å²) in [5, 5.41) is 7.07. The third-order valence-electron chi connectivity index (χ3n) is 2.66. The molecule has 0 unspecified atom stereocenters. The van der Waals surface area contributed by atoms with E-state index in [0.29, 0.717) is 12.1 Å². The predicted octanol–water partition coefficient (Wildman–Crippen LogP) is 2.26. The van der Waals surface area contributed by atoms with Crippen LogP contribution in [-0.2, 0) is 13.6 Å². The molecule has 1 heterocycles. The summed E-state index contributed by atoms with van der Waals surface area (Å²) in [5.74, 6) is -0.0831. The van der Waals surface area contributed by atoms with Crippen LogP contribution in [0.15, 0.2) is 30.5 Å². The van der Waals surface area contributed by atoms with Gasteiger partial charge >= 0.3 is 0 Å². The van der Waals surface area contributed by atoms with E-state index in [0.717, 1.165) is 14.8 Å². The number of amides is 1. The molecular weight excluding hydrogens is 341 g/mol. The first-order valence-corrected chi connectivity index (χ1v) is 6.67. The Hall–Kier alpha value is -1.37. The van der Waals surface area contributed by atoms with Crippen LogP contribution in [-0.4, -0.2) is 15.7 Å². The molecule has 1 aromatic carbocycles. The van der Waals surface area contributed by atoms with Crippen molar-refractivity contribution in [1.29, 1.82) is 0 Å². The maximum Gasteiger partial charge on any atom is 0.255 e. The van der Waals surface area contributed by atoms with Gasteiger partial charge in [-0.2, -0.15) is 5.10 Å². The van der Waals surface area contributed by atoms with Gasteiger partial charge in [0.25, 0.3) is 5.91 Å². The van der Waals surface area contributed by atoms with Crippen LogP contribution in [0.5, 0.6) is 0 Å². The van der Waals surface area contributed by atoms with E-state index < -0.39 is 0 Å². The molecule has 0 aliphatic rings. The van der Waals surface area contributed by atoms with Gasteiger partial charge in [0, 0.05) is 23.4 Å². The van der Waals surface area contributed by atoms with Crippen LogP contribution >= 0.6 is 22.6 Å². The number of hydrogen-bond acceptors (Lipinski definition) is 2. The number of carbonyl (C=O) groups is 1. The van der Waals surface area contributed by atoms with Crippen molar-refractivity contribution in [3.8, 4) is 0 Å². The van der Waals surface area contributed by atoms with Crippen LogP contribution in [0.3, 0.4) is 0 Å². The first kappa shape index (κ1) is 13.1. The molecule has 1 amide bonds. The van der Waals surface area contributed by atoms with E-state index in [4.69, 9.17) is 0 Å². The largest absolute Gasteiger partial charge is 0.348 e. The van der Waals surface area contributed by atoms with Gasteiger partial charge < -0.3 is 5.32 Å². The molecule has 2 rings (SSSR count). The normalized spacial score (nSPS) is 10.4. The highest BCUT2D eigenvalue weighted by Crippen LogP contribution is 2.11. The molecule has 2 aromatic rings. The summed E-state index contributed by atoms with van der Waals surface area (Å²) in [7, 11) is 1.81. The second-order valence-corrected chi connectivity index (χ2v) is 5.24. The number of benzene rings is 1. The summed E-state index contributed by atoms with van der Waals surface area (Å²) in [6, 6.07) is 7.99. The van der Waals surface area contributed by atoms with E-state index in [1.165, 1.54) is 0 Å². The zero-order valence-corrected chi connectivity index (χ0v) is 12.4. The number of aryl methyl sites for hydroxylation is 2. The fourth-order valence-electron chi connectivity index (χ4n) is 1.74. The average molecular weight is 355 g/mol. The number of nitrogens with one attached hydrogen (secondary N) is 1. The van der Waals surface area contributed by atoms with E-state index >= 15 is 0 Å². The molecule has 1 aromatic heterocycles. The quantitative estimate of drug-likeness (QED) is 0.859. The van der Waals surface area contributed by atoms with Gasteiger partial charge in [0.05, 0.1) is 11.3 Å². The van der Waals surface area contributed by atoms with E-state index in [2.05, 4.69) is 33.0 Å². The monoisotopic (exact) mass is 355 g/mol. The summed E-state index contributed by atoms with van der Waals surface area (Å²) in [4.78, 5) is 12.0. The smallest absolute Gasteiger partial charge is 0.255 e. The molecule has 0 bridgehead atoms. The van der Waals surface area contributed by atoms with Crippen LogP contribution in [0, 0.1) is 10.5 Å². The number of halogens is 1. The molecule has 4 nitrogen and oxygen atoms in total. The molecule has 0 atom stereocenters. The molecule has 0 fully saturated rings. The lowest BCUT2D eigenvalue weighted by Crippen LogP contribution is -2.23. The number of aromatic nitrogens is 2. The number of rotatable bonds is 3. The molecule has 18 heavy (non-hydrogen) atoms. The molecule has 94 valence electrons. The second kappa shape index (κ2) is 5.51. The van der Waals surface area contributed by atoms with Crippen molar-refractivity contribution < 1.29 is 4.79 Å². The third kappa shape index (κ3) is 2.90. The lowest BCUT2D eigenvalue weighted by atomic mass is 10.2. The molecular formula is C13H14IN3O. The summed E-state index contributed by atoms with van der Waals surface area (Å²) in [6.07, 6.45) is 1.74. The molecule has 0 radical (unpaired) electrons. The molecule has 0 aliphatic heterocycles. The average Bonchev–Trinajstić information content (AvgIpc) is 2.67.